The molecule has 0 aliphatic carbocycles. The summed E-state index contributed by atoms with van der Waals surface area (Å²) in [6, 6.07) is 21.8. The minimum absolute atomic E-state index is 0.113. The molecule has 4 aromatic rings. The van der Waals surface area contributed by atoms with Crippen LogP contribution in [0.5, 0.6) is 17.2 Å². The molecule has 0 unspecified atom stereocenters. The van der Waals surface area contributed by atoms with E-state index in [2.05, 4.69) is 11.9 Å². The number of benzene rings is 3. The lowest BCUT2D eigenvalue weighted by molar-refractivity contribution is -0.132. The number of hydrogen-bond donors (Lipinski definition) is 1. The summed E-state index contributed by atoms with van der Waals surface area (Å²) in [6.45, 7) is 8.38. The van der Waals surface area contributed by atoms with Gasteiger partial charge in [0.25, 0.3) is 5.78 Å². The highest BCUT2D eigenvalue weighted by molar-refractivity contribution is 7.17. The summed E-state index contributed by atoms with van der Waals surface area (Å²) in [5.74, 6) is -0.813. The highest BCUT2D eigenvalue weighted by atomic mass is 32.1. The van der Waals surface area contributed by atoms with E-state index in [9.17, 15) is 19.5 Å². The summed E-state index contributed by atoms with van der Waals surface area (Å²) in [4.78, 5) is 46.3. The van der Waals surface area contributed by atoms with Gasteiger partial charge < -0.3 is 19.3 Å². The van der Waals surface area contributed by atoms with E-state index >= 15 is 0 Å². The van der Waals surface area contributed by atoms with Crippen molar-refractivity contribution in [2.24, 2.45) is 5.92 Å². The van der Waals surface area contributed by atoms with Gasteiger partial charge >= 0.3 is 11.9 Å². The third kappa shape index (κ3) is 7.13. The first-order valence-corrected chi connectivity index (χ1v) is 16.0. The first-order valence-electron chi connectivity index (χ1n) is 15.2. The van der Waals surface area contributed by atoms with Crippen LogP contribution in [0.25, 0.3) is 5.76 Å². The molecule has 1 aromatic heterocycles. The Hall–Kier alpha value is -4.96. The number of aliphatic hydroxyl groups is 1. The zero-order valence-corrected chi connectivity index (χ0v) is 27.0. The predicted molar refractivity (Wildman–Crippen MR) is 177 cm³/mol. The normalized spacial score (nSPS) is 15.8. The van der Waals surface area contributed by atoms with Crippen LogP contribution in [-0.2, 0) is 14.3 Å². The maximum atomic E-state index is 13.7. The average Bonchev–Trinajstić information content (AvgIpc) is 3.56. The zero-order valence-electron chi connectivity index (χ0n) is 26.2. The highest BCUT2D eigenvalue weighted by Crippen LogP contribution is 2.45. The number of rotatable bonds is 12. The summed E-state index contributed by atoms with van der Waals surface area (Å²) in [5, 5.41) is 11.7. The number of carbonyl (C=O) groups excluding carboxylic acids is 3. The number of anilines is 1. The Morgan fingerprint density at radius 2 is 1.70 bits per heavy atom. The maximum Gasteiger partial charge on any atom is 0.350 e. The number of Topliss-reactive ketones (excluding diaryl/α,β-unsaturated/α-hetero) is 1. The summed E-state index contributed by atoms with van der Waals surface area (Å²) in [5.41, 5.74) is 1.11. The Morgan fingerprint density at radius 3 is 2.39 bits per heavy atom. The van der Waals surface area contributed by atoms with E-state index in [-0.39, 0.29) is 33.9 Å². The largest absolute Gasteiger partial charge is 0.507 e. The summed E-state index contributed by atoms with van der Waals surface area (Å²) in [6.07, 6.45) is 1.90. The van der Waals surface area contributed by atoms with E-state index in [0.717, 1.165) is 24.2 Å². The molecule has 1 fully saturated rings. The molecule has 0 radical (unpaired) electrons. The van der Waals surface area contributed by atoms with Crippen molar-refractivity contribution in [1.29, 1.82) is 0 Å². The van der Waals surface area contributed by atoms with Crippen molar-refractivity contribution in [1.82, 2.24) is 4.98 Å². The van der Waals surface area contributed by atoms with E-state index in [4.69, 9.17) is 14.2 Å². The number of ether oxygens (including phenoxy) is 3. The van der Waals surface area contributed by atoms with Crippen molar-refractivity contribution in [2.75, 3.05) is 18.1 Å². The number of unbranched alkanes of at least 4 members (excludes halogenated alkanes) is 1. The second-order valence-electron chi connectivity index (χ2n) is 11.3. The molecule has 238 valence electrons. The molecule has 9 nitrogen and oxygen atoms in total. The van der Waals surface area contributed by atoms with Gasteiger partial charge in [-0.15, -0.1) is 0 Å². The lowest BCUT2D eigenvalue weighted by atomic mass is 9.95. The van der Waals surface area contributed by atoms with E-state index < -0.39 is 23.7 Å². The van der Waals surface area contributed by atoms with Crippen molar-refractivity contribution in [3.8, 4) is 17.2 Å². The van der Waals surface area contributed by atoms with Gasteiger partial charge in [0.05, 0.1) is 30.5 Å². The number of para-hydroxylation sites is 1. The van der Waals surface area contributed by atoms with Crippen molar-refractivity contribution < 1.29 is 33.7 Å². The van der Waals surface area contributed by atoms with Gasteiger partial charge in [0.1, 0.15) is 27.9 Å². The second kappa shape index (κ2) is 14.4. The second-order valence-corrected chi connectivity index (χ2v) is 12.3. The van der Waals surface area contributed by atoms with Crippen molar-refractivity contribution in [3.63, 3.8) is 0 Å². The van der Waals surface area contributed by atoms with Gasteiger partial charge in [-0.05, 0) is 73.4 Å². The maximum absolute atomic E-state index is 13.7. The van der Waals surface area contributed by atoms with Crippen molar-refractivity contribution in [3.05, 3.63) is 106 Å². The fourth-order valence-corrected chi connectivity index (χ4v) is 5.89. The molecule has 1 saturated heterocycles. The van der Waals surface area contributed by atoms with Gasteiger partial charge in [-0.3, -0.25) is 14.5 Å². The third-order valence-electron chi connectivity index (χ3n) is 7.22. The van der Waals surface area contributed by atoms with Crippen LogP contribution in [-0.4, -0.2) is 41.0 Å². The van der Waals surface area contributed by atoms with Crippen LogP contribution in [0.1, 0.15) is 66.1 Å². The third-order valence-corrected chi connectivity index (χ3v) is 8.35. The average molecular weight is 641 g/mol. The van der Waals surface area contributed by atoms with Gasteiger partial charge in [-0.25, -0.2) is 9.78 Å². The van der Waals surface area contributed by atoms with Gasteiger partial charge in [0, 0.05) is 5.56 Å². The summed E-state index contributed by atoms with van der Waals surface area (Å²) < 4.78 is 17.2. The number of aryl methyl sites for hydroxylation is 1. The number of aromatic nitrogens is 1. The van der Waals surface area contributed by atoms with E-state index in [1.807, 2.05) is 44.2 Å². The van der Waals surface area contributed by atoms with Crippen molar-refractivity contribution in [2.45, 2.75) is 46.6 Å². The smallest absolute Gasteiger partial charge is 0.350 e. The Bertz CT molecular complexity index is 1750. The molecule has 2 heterocycles. The SMILES string of the molecule is CCCCOc1ccc(C(O)=C2C(=O)C(=O)N(c3nc(C)c(C(=O)OCC(C)C)s3)[C@@H]2c2cccc(Oc3ccccc3)c2)cc1. The fourth-order valence-electron chi connectivity index (χ4n) is 4.90. The topological polar surface area (TPSA) is 115 Å². The highest BCUT2D eigenvalue weighted by Gasteiger charge is 2.48. The number of carbonyl (C=O) groups is 3. The molecule has 0 saturated carbocycles. The Kier molecular flexibility index (Phi) is 10.2. The minimum atomic E-state index is -1.06. The monoisotopic (exact) mass is 640 g/mol. The lowest BCUT2D eigenvalue weighted by Crippen LogP contribution is -2.29. The predicted octanol–water partition coefficient (Wildman–Crippen LogP) is 7.86. The van der Waals surface area contributed by atoms with Crippen LogP contribution in [0.4, 0.5) is 5.13 Å². The van der Waals surface area contributed by atoms with Gasteiger partial charge in [-0.1, -0.05) is 68.9 Å². The van der Waals surface area contributed by atoms with Crippen LogP contribution < -0.4 is 14.4 Å². The number of aliphatic hydroxyl groups excluding tert-OH is 1. The Morgan fingerprint density at radius 1 is 0.978 bits per heavy atom. The molecule has 1 aliphatic heterocycles. The zero-order chi connectivity index (χ0) is 32.8. The van der Waals surface area contributed by atoms with Gasteiger partial charge in [0.2, 0.25) is 0 Å². The molecular weight excluding hydrogens is 604 g/mol. The quantitative estimate of drug-likeness (QED) is 0.0547. The molecule has 0 bridgehead atoms. The molecule has 1 atom stereocenters. The molecule has 0 spiro atoms. The Balaban J connectivity index is 1.58. The lowest BCUT2D eigenvalue weighted by Gasteiger charge is -2.23. The number of ketones is 1. The van der Waals surface area contributed by atoms with Crippen LogP contribution in [0.15, 0.2) is 84.4 Å². The first kappa shape index (κ1) is 32.4. The number of hydrogen-bond acceptors (Lipinski definition) is 9. The van der Waals surface area contributed by atoms with Gasteiger partial charge in [0.15, 0.2) is 5.13 Å². The number of nitrogens with zero attached hydrogens (tertiary/aromatic N) is 2. The fraction of sp³-hybridized carbons (Fsp3) is 0.278. The number of thiazole rings is 1. The molecule has 46 heavy (non-hydrogen) atoms. The molecule has 5 rings (SSSR count). The minimum Gasteiger partial charge on any atom is -0.507 e. The molecular formula is C36H36N2O7S. The molecule has 1 N–H and O–H groups in total. The molecule has 1 amide bonds. The standard InChI is InChI=1S/C36H36N2O7S/c1-5-6-19-43-26-17-15-24(16-18-26)31(39)29-30(25-11-10-14-28(20-25)45-27-12-8-7-9-13-27)38(34(41)32(29)40)36-37-23(4)33(46-36)35(42)44-21-22(2)3/h7-18,20,22,30,39H,5-6,19,21H2,1-4H3/t30-/m1/s1. The number of amides is 1. The first-order chi connectivity index (χ1) is 22.2. The molecule has 10 heteroatoms. The Labute approximate surface area is 272 Å². The van der Waals surface area contributed by atoms with E-state index in [1.165, 1.54) is 4.90 Å². The van der Waals surface area contributed by atoms with E-state index in [0.29, 0.717) is 40.7 Å². The van der Waals surface area contributed by atoms with Crippen LogP contribution in [0.2, 0.25) is 0 Å². The van der Waals surface area contributed by atoms with Crippen LogP contribution in [0, 0.1) is 12.8 Å². The number of esters is 1. The molecule has 1 aliphatic rings. The summed E-state index contributed by atoms with van der Waals surface area (Å²) >= 11 is 0.964. The summed E-state index contributed by atoms with van der Waals surface area (Å²) in [7, 11) is 0. The van der Waals surface area contributed by atoms with Crippen LogP contribution in [0.3, 0.4) is 0 Å². The van der Waals surface area contributed by atoms with E-state index in [1.54, 1.807) is 55.5 Å². The van der Waals surface area contributed by atoms with Crippen molar-refractivity contribution >= 4 is 39.9 Å². The van der Waals surface area contributed by atoms with Crippen LogP contribution >= 0.6 is 11.3 Å². The molecule has 3 aromatic carbocycles. The van der Waals surface area contributed by atoms with Gasteiger partial charge in [-0.2, -0.15) is 0 Å².